The Bertz CT molecular complexity index is 743. The predicted octanol–water partition coefficient (Wildman–Crippen LogP) is 2.75. The summed E-state index contributed by atoms with van der Waals surface area (Å²) in [4.78, 5) is 17.5. The first-order chi connectivity index (χ1) is 10.3. The molecule has 21 heavy (non-hydrogen) atoms. The standard InChI is InChI=1S/C17H18N2O2/c1-21-13-4-2-3-12(9-13)14-10-15(20)18-16-11-5-7-19(8-6-11)17(14)16/h2-4,9-11H,5-8H2,1H3,(H,18,20). The number of pyridine rings is 1. The van der Waals surface area contributed by atoms with E-state index in [1.165, 1.54) is 5.69 Å². The van der Waals surface area contributed by atoms with Crippen LogP contribution >= 0.6 is 0 Å². The van der Waals surface area contributed by atoms with Gasteiger partial charge in [-0.25, -0.2) is 0 Å². The quantitative estimate of drug-likeness (QED) is 0.921. The van der Waals surface area contributed by atoms with Gasteiger partial charge in [-0.05, 0) is 30.5 Å². The smallest absolute Gasteiger partial charge is 0.248 e. The molecule has 2 aromatic rings. The molecule has 0 aliphatic carbocycles. The van der Waals surface area contributed by atoms with Crippen molar-refractivity contribution in [3.63, 3.8) is 0 Å². The Labute approximate surface area is 123 Å². The van der Waals surface area contributed by atoms with Crippen molar-refractivity contribution in [1.29, 1.82) is 0 Å². The van der Waals surface area contributed by atoms with E-state index in [0.717, 1.165) is 48.5 Å². The highest BCUT2D eigenvalue weighted by Gasteiger charge is 2.33. The van der Waals surface area contributed by atoms with Gasteiger partial charge in [-0.1, -0.05) is 12.1 Å². The summed E-state index contributed by atoms with van der Waals surface area (Å²) in [7, 11) is 1.66. The molecule has 3 aliphatic rings. The minimum atomic E-state index is -0.0136. The van der Waals surface area contributed by atoms with Crippen LogP contribution in [0, 0.1) is 0 Å². The van der Waals surface area contributed by atoms with Crippen molar-refractivity contribution in [2.45, 2.75) is 18.8 Å². The highest BCUT2D eigenvalue weighted by Crippen LogP contribution is 2.45. The van der Waals surface area contributed by atoms with Gasteiger partial charge >= 0.3 is 0 Å². The molecule has 5 rings (SSSR count). The van der Waals surface area contributed by atoms with Crippen LogP contribution in [-0.2, 0) is 0 Å². The number of hydrogen-bond acceptors (Lipinski definition) is 3. The second kappa shape index (κ2) is 4.65. The van der Waals surface area contributed by atoms with Crippen LogP contribution in [0.25, 0.3) is 11.1 Å². The fourth-order valence-electron chi connectivity index (χ4n) is 3.61. The third-order valence-corrected chi connectivity index (χ3v) is 4.64. The normalized spacial score (nSPS) is 16.9. The van der Waals surface area contributed by atoms with Crippen molar-refractivity contribution in [2.24, 2.45) is 0 Å². The van der Waals surface area contributed by atoms with Crippen LogP contribution in [-0.4, -0.2) is 25.2 Å². The van der Waals surface area contributed by atoms with Crippen LogP contribution in [0.2, 0.25) is 0 Å². The van der Waals surface area contributed by atoms with Gasteiger partial charge in [0.15, 0.2) is 0 Å². The third-order valence-electron chi connectivity index (χ3n) is 4.64. The van der Waals surface area contributed by atoms with E-state index in [-0.39, 0.29) is 5.56 Å². The molecule has 0 atom stereocenters. The molecule has 4 heterocycles. The van der Waals surface area contributed by atoms with Crippen LogP contribution in [0.4, 0.5) is 5.69 Å². The number of nitrogens with one attached hydrogen (secondary N) is 1. The monoisotopic (exact) mass is 282 g/mol. The van der Waals surface area contributed by atoms with E-state index in [2.05, 4.69) is 9.88 Å². The van der Waals surface area contributed by atoms with Gasteiger partial charge in [-0.3, -0.25) is 4.79 Å². The number of nitrogens with zero attached hydrogens (tertiary/aromatic N) is 1. The molecule has 1 aromatic carbocycles. The Balaban J connectivity index is 1.95. The second-order valence-electron chi connectivity index (χ2n) is 5.80. The van der Waals surface area contributed by atoms with Crippen LogP contribution in [0.3, 0.4) is 0 Å². The number of aromatic nitrogens is 1. The lowest BCUT2D eigenvalue weighted by Gasteiger charge is -2.42. The van der Waals surface area contributed by atoms with Gasteiger partial charge in [0.2, 0.25) is 5.56 Å². The minimum Gasteiger partial charge on any atom is -0.497 e. The fraction of sp³-hybridized carbons (Fsp3) is 0.353. The largest absolute Gasteiger partial charge is 0.497 e. The van der Waals surface area contributed by atoms with Gasteiger partial charge in [0.05, 0.1) is 12.8 Å². The number of anilines is 1. The molecule has 1 N–H and O–H groups in total. The summed E-state index contributed by atoms with van der Waals surface area (Å²) in [6.07, 6.45) is 2.29. The summed E-state index contributed by atoms with van der Waals surface area (Å²) in [5.41, 5.74) is 4.39. The summed E-state index contributed by atoms with van der Waals surface area (Å²) in [5, 5.41) is 0. The molecular formula is C17H18N2O2. The summed E-state index contributed by atoms with van der Waals surface area (Å²) < 4.78 is 5.31. The third kappa shape index (κ3) is 1.94. The maximum Gasteiger partial charge on any atom is 0.248 e. The van der Waals surface area contributed by atoms with Crippen LogP contribution in [0.1, 0.15) is 24.5 Å². The molecule has 4 nitrogen and oxygen atoms in total. The number of fused-ring (bicyclic) bond motifs is 2. The van der Waals surface area contributed by atoms with E-state index in [9.17, 15) is 4.79 Å². The Hall–Kier alpha value is -2.23. The van der Waals surface area contributed by atoms with Crippen molar-refractivity contribution in [3.05, 3.63) is 46.4 Å². The number of ether oxygens (including phenoxy) is 1. The molecule has 0 saturated carbocycles. The Morgan fingerprint density at radius 3 is 2.81 bits per heavy atom. The average molecular weight is 282 g/mol. The number of aromatic amines is 1. The maximum atomic E-state index is 12.1. The first kappa shape index (κ1) is 12.5. The zero-order chi connectivity index (χ0) is 14.4. The summed E-state index contributed by atoms with van der Waals surface area (Å²) >= 11 is 0. The van der Waals surface area contributed by atoms with Gasteiger partial charge in [-0.2, -0.15) is 0 Å². The van der Waals surface area contributed by atoms with E-state index in [1.807, 2.05) is 24.3 Å². The molecule has 4 heteroatoms. The zero-order valence-electron chi connectivity index (χ0n) is 12.1. The molecule has 108 valence electrons. The number of rotatable bonds is 2. The first-order valence-electron chi connectivity index (χ1n) is 7.43. The topological polar surface area (TPSA) is 45.3 Å². The summed E-state index contributed by atoms with van der Waals surface area (Å²) in [6.45, 7) is 2.17. The van der Waals surface area contributed by atoms with E-state index < -0.39 is 0 Å². The van der Waals surface area contributed by atoms with Gasteiger partial charge in [0.1, 0.15) is 5.75 Å². The summed E-state index contributed by atoms with van der Waals surface area (Å²) in [6, 6.07) is 9.65. The fourth-order valence-corrected chi connectivity index (χ4v) is 3.61. The van der Waals surface area contributed by atoms with Crippen LogP contribution < -0.4 is 15.2 Å². The SMILES string of the molecule is COc1cccc(-c2cc(=O)[nH]c3c2N2CCC3CC2)c1. The molecule has 0 spiro atoms. The molecule has 2 bridgehead atoms. The lowest BCUT2D eigenvalue weighted by Crippen LogP contribution is -2.40. The van der Waals surface area contributed by atoms with E-state index >= 15 is 0 Å². The van der Waals surface area contributed by atoms with Gasteiger partial charge < -0.3 is 14.6 Å². The van der Waals surface area contributed by atoms with E-state index in [4.69, 9.17) is 4.74 Å². The Morgan fingerprint density at radius 2 is 2.05 bits per heavy atom. The maximum absolute atomic E-state index is 12.1. The van der Waals surface area contributed by atoms with Gasteiger partial charge in [0, 0.05) is 36.3 Å². The molecule has 0 radical (unpaired) electrons. The van der Waals surface area contributed by atoms with Crippen molar-refractivity contribution in [3.8, 4) is 16.9 Å². The van der Waals surface area contributed by atoms with Crippen molar-refractivity contribution in [1.82, 2.24) is 4.98 Å². The number of H-pyrrole nitrogens is 1. The first-order valence-corrected chi connectivity index (χ1v) is 7.43. The zero-order valence-corrected chi connectivity index (χ0v) is 12.1. The molecule has 0 unspecified atom stereocenters. The molecule has 1 aromatic heterocycles. The van der Waals surface area contributed by atoms with Crippen LogP contribution in [0.15, 0.2) is 35.1 Å². The lowest BCUT2D eigenvalue weighted by atomic mass is 9.84. The van der Waals surface area contributed by atoms with Crippen molar-refractivity contribution in [2.75, 3.05) is 25.1 Å². The number of benzene rings is 1. The molecule has 1 saturated heterocycles. The van der Waals surface area contributed by atoms with Crippen molar-refractivity contribution >= 4 is 5.69 Å². The minimum absolute atomic E-state index is 0.0136. The van der Waals surface area contributed by atoms with Crippen LogP contribution in [0.5, 0.6) is 5.75 Å². The molecule has 3 aliphatic heterocycles. The predicted molar refractivity (Wildman–Crippen MR) is 83.2 cm³/mol. The van der Waals surface area contributed by atoms with E-state index in [1.54, 1.807) is 13.2 Å². The lowest BCUT2D eigenvalue weighted by molar-refractivity contribution is 0.415. The molecule has 0 amide bonds. The van der Waals surface area contributed by atoms with E-state index in [0.29, 0.717) is 5.92 Å². The second-order valence-corrected chi connectivity index (χ2v) is 5.80. The number of hydrogen-bond donors (Lipinski definition) is 1. The van der Waals surface area contributed by atoms with Gasteiger partial charge in [-0.15, -0.1) is 0 Å². The number of methoxy groups -OCH3 is 1. The molecule has 1 fully saturated rings. The Morgan fingerprint density at radius 1 is 1.24 bits per heavy atom. The highest BCUT2D eigenvalue weighted by molar-refractivity contribution is 5.82. The molecular weight excluding hydrogens is 264 g/mol. The van der Waals surface area contributed by atoms with Gasteiger partial charge in [0.25, 0.3) is 0 Å². The number of piperidine rings is 1. The Kier molecular flexibility index (Phi) is 2.77. The highest BCUT2D eigenvalue weighted by atomic mass is 16.5. The van der Waals surface area contributed by atoms with Crippen molar-refractivity contribution < 1.29 is 4.74 Å². The summed E-state index contributed by atoms with van der Waals surface area (Å²) in [5.74, 6) is 1.32. The average Bonchev–Trinajstić information content (AvgIpc) is 2.55.